The van der Waals surface area contributed by atoms with Crippen LogP contribution in [0.25, 0.3) is 16.9 Å². The highest BCUT2D eigenvalue weighted by atomic mass is 35.5. The Morgan fingerprint density at radius 2 is 1.75 bits per heavy atom. The van der Waals surface area contributed by atoms with Gasteiger partial charge in [-0.25, -0.2) is 4.68 Å². The molecule has 1 heterocycles. The molecular weight excluding hydrogens is 424 g/mol. The van der Waals surface area contributed by atoms with E-state index in [2.05, 4.69) is 20.8 Å². The summed E-state index contributed by atoms with van der Waals surface area (Å²) >= 11 is 6.49. The van der Waals surface area contributed by atoms with Gasteiger partial charge >= 0.3 is 0 Å². The van der Waals surface area contributed by atoms with E-state index in [4.69, 9.17) is 26.2 Å². The minimum atomic E-state index is -0.880. The Morgan fingerprint density at radius 1 is 1.03 bits per heavy atom. The molecule has 0 amide bonds. The van der Waals surface area contributed by atoms with Crippen LogP contribution in [0.3, 0.4) is 0 Å². The molecule has 0 radical (unpaired) electrons. The molecule has 0 unspecified atom stereocenters. The van der Waals surface area contributed by atoms with Gasteiger partial charge in [0.1, 0.15) is 11.4 Å². The largest absolute Gasteiger partial charge is 0.493 e. The second-order valence-corrected chi connectivity index (χ2v) is 10.0. The van der Waals surface area contributed by atoms with Gasteiger partial charge in [-0.1, -0.05) is 56.6 Å². The molecule has 0 atom stereocenters. The summed E-state index contributed by atoms with van der Waals surface area (Å²) in [6.45, 7) is 12.3. The monoisotopic (exact) mass is 454 g/mol. The normalized spacial score (nSPS) is 12.1. The zero-order valence-electron chi connectivity index (χ0n) is 19.6. The molecule has 3 aromatic rings. The number of nitrogens with zero attached hydrogens (tertiary/aromatic N) is 2. The fourth-order valence-corrected chi connectivity index (χ4v) is 3.13. The van der Waals surface area contributed by atoms with Crippen LogP contribution in [-0.2, 0) is 16.1 Å². The van der Waals surface area contributed by atoms with E-state index in [-0.39, 0.29) is 17.8 Å². The summed E-state index contributed by atoms with van der Waals surface area (Å²) in [5.41, 5.74) is 2.45. The first-order chi connectivity index (χ1) is 15.0. The summed E-state index contributed by atoms with van der Waals surface area (Å²) in [7, 11) is 0. The molecule has 0 saturated carbocycles. The minimum Gasteiger partial charge on any atom is -0.493 e. The van der Waals surface area contributed by atoms with Crippen molar-refractivity contribution >= 4 is 17.4 Å². The fourth-order valence-electron chi connectivity index (χ4n) is 2.91. The quantitative estimate of drug-likeness (QED) is 0.389. The van der Waals surface area contributed by atoms with E-state index >= 15 is 0 Å². The van der Waals surface area contributed by atoms with E-state index in [9.17, 15) is 4.79 Å². The average molecular weight is 455 g/mol. The summed E-state index contributed by atoms with van der Waals surface area (Å²) in [6.07, 6.45) is 0. The lowest BCUT2D eigenvalue weighted by molar-refractivity contribution is -0.139. The van der Waals surface area contributed by atoms with E-state index in [1.165, 1.54) is 6.92 Å². The molecular formula is C26H31ClN2O3. The van der Waals surface area contributed by atoms with Crippen molar-refractivity contribution in [3.63, 3.8) is 0 Å². The molecule has 0 bridgehead atoms. The van der Waals surface area contributed by atoms with Crippen LogP contribution in [0.5, 0.6) is 5.75 Å². The van der Waals surface area contributed by atoms with Gasteiger partial charge in [0.15, 0.2) is 5.78 Å². The standard InChI is InChI=1S/C26H31ClN2O3/c1-18(30)26(5,6)32-16-20-15-24(29(28-20)23-13-8-7-12-22(23)27)19-10-9-11-21(14-19)31-17-25(2,3)4/h7-15H,16-17H2,1-6H3. The number of rotatable bonds is 8. The Bertz CT molecular complexity index is 1100. The SMILES string of the molecule is CC(=O)C(C)(C)OCc1cc(-c2cccc(OCC(C)(C)C)c2)n(-c2ccccc2Cl)n1. The highest BCUT2D eigenvalue weighted by molar-refractivity contribution is 6.32. The van der Waals surface area contributed by atoms with E-state index in [1.807, 2.05) is 59.3 Å². The first-order valence-electron chi connectivity index (χ1n) is 10.7. The maximum absolute atomic E-state index is 11.8. The molecule has 170 valence electrons. The zero-order valence-corrected chi connectivity index (χ0v) is 20.4. The number of hydrogen-bond donors (Lipinski definition) is 0. The van der Waals surface area contributed by atoms with Crippen molar-refractivity contribution in [3.8, 4) is 22.7 Å². The molecule has 5 nitrogen and oxygen atoms in total. The van der Waals surface area contributed by atoms with Gasteiger partial charge in [-0.3, -0.25) is 4.79 Å². The molecule has 6 heteroatoms. The molecule has 3 rings (SSSR count). The van der Waals surface area contributed by atoms with Gasteiger partial charge in [0.25, 0.3) is 0 Å². The third-order valence-electron chi connectivity index (χ3n) is 5.07. The van der Waals surface area contributed by atoms with Gasteiger partial charge in [-0.15, -0.1) is 0 Å². The van der Waals surface area contributed by atoms with Crippen LogP contribution in [-0.4, -0.2) is 27.8 Å². The first kappa shape index (κ1) is 24.0. The number of hydrogen-bond acceptors (Lipinski definition) is 4. The Labute approximate surface area is 195 Å². The fraction of sp³-hybridized carbons (Fsp3) is 0.385. The lowest BCUT2D eigenvalue weighted by atomic mass is 9.99. The molecule has 0 aliphatic rings. The maximum atomic E-state index is 11.8. The minimum absolute atomic E-state index is 0.0352. The molecule has 0 fully saturated rings. The molecule has 2 aromatic carbocycles. The summed E-state index contributed by atoms with van der Waals surface area (Å²) in [5.74, 6) is 0.756. The number of carbonyl (C=O) groups excluding carboxylic acids is 1. The van der Waals surface area contributed by atoms with Crippen molar-refractivity contribution < 1.29 is 14.3 Å². The average Bonchev–Trinajstić information content (AvgIpc) is 3.15. The Kier molecular flexibility index (Phi) is 7.11. The van der Waals surface area contributed by atoms with Gasteiger partial charge in [0.2, 0.25) is 0 Å². The van der Waals surface area contributed by atoms with Crippen molar-refractivity contribution in [1.29, 1.82) is 0 Å². The molecule has 0 N–H and O–H groups in total. The van der Waals surface area contributed by atoms with Gasteiger partial charge in [0.05, 0.1) is 35.3 Å². The van der Waals surface area contributed by atoms with Gasteiger partial charge in [0, 0.05) is 5.56 Å². The van der Waals surface area contributed by atoms with E-state index in [0.717, 1.165) is 22.7 Å². The predicted octanol–water partition coefficient (Wildman–Crippen LogP) is 6.50. The van der Waals surface area contributed by atoms with Gasteiger partial charge < -0.3 is 9.47 Å². The number of ether oxygens (including phenoxy) is 2. The van der Waals surface area contributed by atoms with Crippen LogP contribution in [0, 0.1) is 5.41 Å². The van der Waals surface area contributed by atoms with Crippen LogP contribution < -0.4 is 4.74 Å². The van der Waals surface area contributed by atoms with Crippen LogP contribution in [0.15, 0.2) is 54.6 Å². The molecule has 1 aromatic heterocycles. The number of aromatic nitrogens is 2. The van der Waals surface area contributed by atoms with Gasteiger partial charge in [-0.05, 0) is 56.5 Å². The van der Waals surface area contributed by atoms with Crippen LogP contribution in [0.2, 0.25) is 5.02 Å². The Hall–Kier alpha value is -2.63. The Balaban J connectivity index is 2.00. The summed E-state index contributed by atoms with van der Waals surface area (Å²) in [4.78, 5) is 11.8. The van der Waals surface area contributed by atoms with Crippen molar-refractivity contribution in [2.75, 3.05) is 6.61 Å². The summed E-state index contributed by atoms with van der Waals surface area (Å²) in [5, 5.41) is 5.34. The lowest BCUT2D eigenvalue weighted by Gasteiger charge is -2.21. The number of ketones is 1. The highest BCUT2D eigenvalue weighted by Crippen LogP contribution is 2.31. The van der Waals surface area contributed by atoms with Crippen molar-refractivity contribution in [1.82, 2.24) is 9.78 Å². The predicted molar refractivity (Wildman–Crippen MR) is 129 cm³/mol. The smallest absolute Gasteiger partial charge is 0.161 e. The van der Waals surface area contributed by atoms with E-state index in [1.54, 1.807) is 13.8 Å². The number of halogens is 1. The first-order valence-corrected chi connectivity index (χ1v) is 11.1. The molecule has 0 spiro atoms. The lowest BCUT2D eigenvalue weighted by Crippen LogP contribution is -2.32. The zero-order chi connectivity index (χ0) is 23.5. The topological polar surface area (TPSA) is 53.4 Å². The molecule has 0 aliphatic carbocycles. The third kappa shape index (κ3) is 5.99. The summed E-state index contributed by atoms with van der Waals surface area (Å²) < 4.78 is 13.7. The third-order valence-corrected chi connectivity index (χ3v) is 5.39. The second-order valence-electron chi connectivity index (χ2n) is 9.62. The maximum Gasteiger partial charge on any atom is 0.161 e. The second kappa shape index (κ2) is 9.47. The highest BCUT2D eigenvalue weighted by Gasteiger charge is 2.25. The van der Waals surface area contributed by atoms with Crippen molar-refractivity contribution in [2.45, 2.75) is 53.8 Å². The number of benzene rings is 2. The van der Waals surface area contributed by atoms with Crippen LogP contribution in [0.4, 0.5) is 0 Å². The summed E-state index contributed by atoms with van der Waals surface area (Å²) in [6, 6.07) is 17.4. The number of para-hydroxylation sites is 1. The Morgan fingerprint density at radius 3 is 2.41 bits per heavy atom. The molecule has 32 heavy (non-hydrogen) atoms. The van der Waals surface area contributed by atoms with E-state index in [0.29, 0.717) is 17.3 Å². The van der Waals surface area contributed by atoms with Crippen LogP contribution in [0.1, 0.15) is 47.2 Å². The van der Waals surface area contributed by atoms with Crippen molar-refractivity contribution in [2.24, 2.45) is 5.41 Å². The van der Waals surface area contributed by atoms with E-state index < -0.39 is 5.60 Å². The number of Topliss-reactive ketones (excluding diaryl/α,β-unsaturated/α-hetero) is 1. The molecule has 0 saturated heterocycles. The van der Waals surface area contributed by atoms with Gasteiger partial charge in [-0.2, -0.15) is 5.10 Å². The van der Waals surface area contributed by atoms with Crippen molar-refractivity contribution in [3.05, 3.63) is 65.3 Å². The number of carbonyl (C=O) groups is 1. The molecule has 0 aliphatic heterocycles. The van der Waals surface area contributed by atoms with Crippen LogP contribution >= 0.6 is 11.6 Å².